The summed E-state index contributed by atoms with van der Waals surface area (Å²) in [4.78, 5) is 16.7. The fourth-order valence-corrected chi connectivity index (χ4v) is 2.03. The number of ketones is 1. The monoisotopic (exact) mass is 248 g/mol. The molecule has 2 N–H and O–H groups in total. The van der Waals surface area contributed by atoms with Crippen LogP contribution in [0.2, 0.25) is 0 Å². The summed E-state index contributed by atoms with van der Waals surface area (Å²) in [6.45, 7) is 0. The number of aromatic nitrogens is 1. The van der Waals surface area contributed by atoms with Gasteiger partial charge in [-0.15, -0.1) is 0 Å². The first kappa shape index (κ1) is 11.4. The van der Waals surface area contributed by atoms with Gasteiger partial charge in [0, 0.05) is 10.9 Å². The number of para-hydroxylation sites is 1. The van der Waals surface area contributed by atoms with E-state index >= 15 is 0 Å². The number of carbonyl (C=O) groups is 1. The molecular weight excluding hydrogens is 236 g/mol. The van der Waals surface area contributed by atoms with Crippen molar-refractivity contribution in [3.8, 4) is 0 Å². The molecule has 0 aliphatic carbocycles. The van der Waals surface area contributed by atoms with E-state index in [-0.39, 0.29) is 5.78 Å². The Morgan fingerprint density at radius 2 is 1.68 bits per heavy atom. The van der Waals surface area contributed by atoms with Crippen LogP contribution in [0.4, 0.5) is 5.69 Å². The quantitative estimate of drug-likeness (QED) is 0.560. The van der Waals surface area contributed by atoms with Crippen molar-refractivity contribution in [3.63, 3.8) is 0 Å². The van der Waals surface area contributed by atoms with Crippen molar-refractivity contribution in [2.45, 2.75) is 0 Å². The van der Waals surface area contributed by atoms with Crippen LogP contribution in [0.3, 0.4) is 0 Å². The van der Waals surface area contributed by atoms with Crippen LogP contribution in [0.15, 0.2) is 60.7 Å². The van der Waals surface area contributed by atoms with Crippen LogP contribution in [0.25, 0.3) is 10.9 Å². The smallest absolute Gasteiger partial charge is 0.211 e. The topological polar surface area (TPSA) is 56.0 Å². The minimum atomic E-state index is -0.0919. The molecule has 19 heavy (non-hydrogen) atoms. The number of hydrogen-bond donors (Lipinski definition) is 1. The van der Waals surface area contributed by atoms with Crippen LogP contribution in [-0.2, 0) is 0 Å². The highest BCUT2D eigenvalue weighted by Crippen LogP contribution is 2.20. The molecule has 0 aliphatic rings. The molecule has 3 nitrogen and oxygen atoms in total. The standard InChI is InChI=1S/C16H12N2O/c17-13-8-4-7-11-9-10-14(18-15(11)13)16(19)12-5-2-1-3-6-12/h1-10H,17H2. The Morgan fingerprint density at radius 3 is 2.47 bits per heavy atom. The van der Waals surface area contributed by atoms with Gasteiger partial charge in [0.05, 0.1) is 11.2 Å². The summed E-state index contributed by atoms with van der Waals surface area (Å²) < 4.78 is 0. The van der Waals surface area contributed by atoms with Crippen molar-refractivity contribution < 1.29 is 4.79 Å². The van der Waals surface area contributed by atoms with E-state index in [4.69, 9.17) is 5.73 Å². The van der Waals surface area contributed by atoms with Gasteiger partial charge in [-0.3, -0.25) is 4.79 Å². The molecule has 0 saturated carbocycles. The second kappa shape index (κ2) is 4.53. The number of anilines is 1. The summed E-state index contributed by atoms with van der Waals surface area (Å²) in [7, 11) is 0. The maximum atomic E-state index is 12.3. The molecule has 92 valence electrons. The average molecular weight is 248 g/mol. The normalized spacial score (nSPS) is 10.5. The molecule has 3 heteroatoms. The zero-order chi connectivity index (χ0) is 13.2. The second-order valence-corrected chi connectivity index (χ2v) is 4.31. The van der Waals surface area contributed by atoms with Crippen molar-refractivity contribution >= 4 is 22.4 Å². The van der Waals surface area contributed by atoms with Crippen molar-refractivity contribution in [2.75, 3.05) is 5.73 Å². The number of nitrogen functional groups attached to an aromatic ring is 1. The minimum Gasteiger partial charge on any atom is -0.397 e. The Kier molecular flexibility index (Phi) is 2.72. The van der Waals surface area contributed by atoms with Crippen molar-refractivity contribution in [1.82, 2.24) is 4.98 Å². The number of nitrogens with two attached hydrogens (primary N) is 1. The van der Waals surface area contributed by atoms with Gasteiger partial charge in [0.1, 0.15) is 5.69 Å². The van der Waals surface area contributed by atoms with Crippen LogP contribution < -0.4 is 5.73 Å². The van der Waals surface area contributed by atoms with E-state index in [0.717, 1.165) is 5.39 Å². The van der Waals surface area contributed by atoms with Crippen LogP contribution in [0.1, 0.15) is 16.1 Å². The van der Waals surface area contributed by atoms with Gasteiger partial charge >= 0.3 is 0 Å². The van der Waals surface area contributed by atoms with Gasteiger partial charge < -0.3 is 5.73 Å². The second-order valence-electron chi connectivity index (χ2n) is 4.31. The first-order valence-corrected chi connectivity index (χ1v) is 6.01. The zero-order valence-corrected chi connectivity index (χ0v) is 10.2. The lowest BCUT2D eigenvalue weighted by molar-refractivity contribution is 0.103. The molecule has 1 aromatic heterocycles. The molecular formula is C16H12N2O. The maximum Gasteiger partial charge on any atom is 0.211 e. The Bertz CT molecular complexity index is 751. The molecule has 3 rings (SSSR count). The van der Waals surface area contributed by atoms with Crippen molar-refractivity contribution in [1.29, 1.82) is 0 Å². The number of nitrogens with zero attached hydrogens (tertiary/aromatic N) is 1. The summed E-state index contributed by atoms with van der Waals surface area (Å²) in [5, 5.41) is 0.935. The Morgan fingerprint density at radius 1 is 0.895 bits per heavy atom. The summed E-state index contributed by atoms with van der Waals surface area (Å²) in [6, 6.07) is 18.3. The zero-order valence-electron chi connectivity index (χ0n) is 10.2. The molecule has 0 amide bonds. The summed E-state index contributed by atoms with van der Waals surface area (Å²) >= 11 is 0. The van der Waals surface area contributed by atoms with E-state index in [2.05, 4.69) is 4.98 Å². The van der Waals surface area contributed by atoms with E-state index in [0.29, 0.717) is 22.5 Å². The van der Waals surface area contributed by atoms with Gasteiger partial charge in [-0.25, -0.2) is 4.98 Å². The molecule has 1 heterocycles. The van der Waals surface area contributed by atoms with E-state index in [1.807, 2.05) is 36.4 Å². The molecule has 0 spiro atoms. The molecule has 0 atom stereocenters. The van der Waals surface area contributed by atoms with Gasteiger partial charge in [0.15, 0.2) is 0 Å². The molecule has 3 aromatic rings. The fraction of sp³-hybridized carbons (Fsp3) is 0. The Balaban J connectivity index is 2.11. The van der Waals surface area contributed by atoms with Crippen LogP contribution in [0, 0.1) is 0 Å². The van der Waals surface area contributed by atoms with Crippen molar-refractivity contribution in [2.24, 2.45) is 0 Å². The molecule has 0 radical (unpaired) electrons. The first-order chi connectivity index (χ1) is 9.25. The van der Waals surface area contributed by atoms with E-state index in [1.54, 1.807) is 24.3 Å². The molecule has 0 fully saturated rings. The predicted octanol–water partition coefficient (Wildman–Crippen LogP) is 3.05. The van der Waals surface area contributed by atoms with Gasteiger partial charge in [-0.05, 0) is 12.1 Å². The third-order valence-electron chi connectivity index (χ3n) is 3.02. The fourth-order valence-electron chi connectivity index (χ4n) is 2.03. The summed E-state index contributed by atoms with van der Waals surface area (Å²) in [6.07, 6.45) is 0. The van der Waals surface area contributed by atoms with E-state index in [9.17, 15) is 4.79 Å². The van der Waals surface area contributed by atoms with E-state index < -0.39 is 0 Å². The van der Waals surface area contributed by atoms with Gasteiger partial charge in [0.2, 0.25) is 5.78 Å². The third kappa shape index (κ3) is 2.06. The van der Waals surface area contributed by atoms with E-state index in [1.165, 1.54) is 0 Å². The minimum absolute atomic E-state index is 0.0919. The number of carbonyl (C=O) groups excluding carboxylic acids is 1. The Labute approximate surface area is 110 Å². The van der Waals surface area contributed by atoms with Crippen LogP contribution in [0.5, 0.6) is 0 Å². The maximum absolute atomic E-state index is 12.3. The number of benzene rings is 2. The average Bonchev–Trinajstić information content (AvgIpc) is 2.47. The molecule has 0 unspecified atom stereocenters. The summed E-state index contributed by atoms with van der Waals surface area (Å²) in [5.74, 6) is -0.0919. The molecule has 0 bridgehead atoms. The van der Waals surface area contributed by atoms with Crippen LogP contribution in [-0.4, -0.2) is 10.8 Å². The first-order valence-electron chi connectivity index (χ1n) is 6.01. The number of fused-ring (bicyclic) bond motifs is 1. The lowest BCUT2D eigenvalue weighted by Gasteiger charge is -2.04. The lowest BCUT2D eigenvalue weighted by Crippen LogP contribution is -2.04. The number of pyridine rings is 1. The highest BCUT2D eigenvalue weighted by atomic mass is 16.1. The summed E-state index contributed by atoms with van der Waals surface area (Å²) in [5.41, 5.74) is 8.19. The molecule has 0 saturated heterocycles. The van der Waals surface area contributed by atoms with Gasteiger partial charge in [0.25, 0.3) is 0 Å². The highest BCUT2D eigenvalue weighted by Gasteiger charge is 2.11. The third-order valence-corrected chi connectivity index (χ3v) is 3.02. The molecule has 2 aromatic carbocycles. The van der Waals surface area contributed by atoms with Crippen molar-refractivity contribution in [3.05, 3.63) is 71.9 Å². The highest BCUT2D eigenvalue weighted by molar-refractivity contribution is 6.09. The lowest BCUT2D eigenvalue weighted by atomic mass is 10.1. The predicted molar refractivity (Wildman–Crippen MR) is 76.0 cm³/mol. The van der Waals surface area contributed by atoms with Crippen LogP contribution >= 0.6 is 0 Å². The molecule has 0 aliphatic heterocycles. The SMILES string of the molecule is Nc1cccc2ccc(C(=O)c3ccccc3)nc12. The Hall–Kier alpha value is -2.68. The van der Waals surface area contributed by atoms with Gasteiger partial charge in [-0.1, -0.05) is 48.5 Å². The number of hydrogen-bond acceptors (Lipinski definition) is 3. The largest absolute Gasteiger partial charge is 0.397 e. The number of rotatable bonds is 2. The van der Waals surface area contributed by atoms with Gasteiger partial charge in [-0.2, -0.15) is 0 Å².